The molecule has 0 saturated heterocycles. The molecule has 3 heteroatoms. The molecule has 0 aliphatic carbocycles. The quantitative estimate of drug-likeness (QED) is 0.394. The molecule has 0 spiro atoms. The fraction of sp³-hybridized carbons (Fsp3) is 1.00. The zero-order chi connectivity index (χ0) is 6.95. The van der Waals surface area contributed by atoms with E-state index in [1.807, 2.05) is 0 Å². The number of aliphatic hydroxyl groups is 1. The normalized spacial score (nSPS) is 10.0. The highest BCUT2D eigenvalue weighted by atomic mass is 16.5. The van der Waals surface area contributed by atoms with Crippen molar-refractivity contribution in [1.29, 1.82) is 0 Å². The van der Waals surface area contributed by atoms with Crippen molar-refractivity contribution >= 4 is 0 Å². The van der Waals surface area contributed by atoms with E-state index in [4.69, 9.17) is 9.84 Å². The van der Waals surface area contributed by atoms with Crippen molar-refractivity contribution in [3.63, 3.8) is 0 Å². The Balaban J connectivity index is 2.60. The van der Waals surface area contributed by atoms with E-state index in [-0.39, 0.29) is 6.61 Å². The lowest BCUT2D eigenvalue weighted by Crippen LogP contribution is -2.19. The summed E-state index contributed by atoms with van der Waals surface area (Å²) in [7, 11) is 0. The fourth-order valence-corrected chi connectivity index (χ4v) is 0.458. The molecule has 0 aromatic heterocycles. The molecule has 56 valence electrons. The van der Waals surface area contributed by atoms with Gasteiger partial charge in [0.2, 0.25) is 0 Å². The Morgan fingerprint density at radius 1 is 1.56 bits per heavy atom. The van der Waals surface area contributed by atoms with Crippen LogP contribution in [0.5, 0.6) is 0 Å². The van der Waals surface area contributed by atoms with Gasteiger partial charge in [-0.05, 0) is 13.0 Å². The molecular weight excluding hydrogens is 118 g/mol. The van der Waals surface area contributed by atoms with Gasteiger partial charge in [-0.25, -0.2) is 0 Å². The minimum atomic E-state index is 0.105. The van der Waals surface area contributed by atoms with Crippen molar-refractivity contribution in [2.45, 2.75) is 13.3 Å². The molecular formula is C6H15NO2. The predicted octanol–water partition coefficient (Wildman–Crippen LogP) is -0.0476. The van der Waals surface area contributed by atoms with Gasteiger partial charge in [-0.1, -0.05) is 6.92 Å². The highest BCUT2D eigenvalue weighted by Crippen LogP contribution is 1.71. The molecule has 0 radical (unpaired) electrons. The molecule has 0 aromatic carbocycles. The second-order valence-corrected chi connectivity index (χ2v) is 1.78. The van der Waals surface area contributed by atoms with Gasteiger partial charge in [0.15, 0.2) is 0 Å². The van der Waals surface area contributed by atoms with Gasteiger partial charge in [-0.3, -0.25) is 5.32 Å². The van der Waals surface area contributed by atoms with Crippen LogP contribution in [0.3, 0.4) is 0 Å². The lowest BCUT2D eigenvalue weighted by atomic mass is 10.5. The summed E-state index contributed by atoms with van der Waals surface area (Å²) in [6.45, 7) is 4.16. The Morgan fingerprint density at radius 2 is 2.33 bits per heavy atom. The van der Waals surface area contributed by atoms with Crippen LogP contribution < -0.4 is 5.32 Å². The topological polar surface area (TPSA) is 41.5 Å². The molecule has 0 aromatic rings. The van der Waals surface area contributed by atoms with E-state index in [9.17, 15) is 0 Å². The highest BCUT2D eigenvalue weighted by Gasteiger charge is 1.82. The highest BCUT2D eigenvalue weighted by molar-refractivity contribution is 4.34. The molecule has 2 N–H and O–H groups in total. The monoisotopic (exact) mass is 133 g/mol. The number of ether oxygens (including phenoxy) is 1. The van der Waals surface area contributed by atoms with Crippen molar-refractivity contribution in [3.8, 4) is 0 Å². The summed E-state index contributed by atoms with van der Waals surface area (Å²) in [5.74, 6) is 0. The molecule has 0 heterocycles. The SMILES string of the molecule is CCCNCOCCO. The summed E-state index contributed by atoms with van der Waals surface area (Å²) in [6.07, 6.45) is 1.11. The molecule has 0 fully saturated rings. The number of hydrogen-bond acceptors (Lipinski definition) is 3. The lowest BCUT2D eigenvalue weighted by Gasteiger charge is -2.01. The van der Waals surface area contributed by atoms with Crippen LogP contribution in [0.25, 0.3) is 0 Å². The van der Waals surface area contributed by atoms with Crippen molar-refractivity contribution in [2.75, 3.05) is 26.5 Å². The third kappa shape index (κ3) is 7.88. The first-order valence-corrected chi connectivity index (χ1v) is 3.31. The average molecular weight is 133 g/mol. The zero-order valence-electron chi connectivity index (χ0n) is 5.89. The third-order valence-corrected chi connectivity index (χ3v) is 0.867. The maximum atomic E-state index is 8.27. The van der Waals surface area contributed by atoms with Gasteiger partial charge in [0.25, 0.3) is 0 Å². The standard InChI is InChI=1S/C6H15NO2/c1-2-3-7-6-9-5-4-8/h7-8H,2-6H2,1H3. The molecule has 0 rings (SSSR count). The second kappa shape index (κ2) is 7.88. The minimum absolute atomic E-state index is 0.105. The molecule has 0 aliphatic rings. The van der Waals surface area contributed by atoms with Crippen LogP contribution in [0.4, 0.5) is 0 Å². The summed E-state index contributed by atoms with van der Waals surface area (Å²) in [5.41, 5.74) is 0. The van der Waals surface area contributed by atoms with Crippen LogP contribution in [-0.2, 0) is 4.74 Å². The lowest BCUT2D eigenvalue weighted by molar-refractivity contribution is 0.0801. The van der Waals surface area contributed by atoms with Crippen LogP contribution in [0.1, 0.15) is 13.3 Å². The minimum Gasteiger partial charge on any atom is -0.394 e. The van der Waals surface area contributed by atoms with Gasteiger partial charge in [0.05, 0.1) is 19.9 Å². The predicted molar refractivity (Wildman–Crippen MR) is 36.2 cm³/mol. The number of aliphatic hydroxyl groups excluding tert-OH is 1. The average Bonchev–Trinajstić information content (AvgIpc) is 1.89. The zero-order valence-corrected chi connectivity index (χ0v) is 5.89. The molecule has 0 bridgehead atoms. The van der Waals surface area contributed by atoms with Crippen LogP contribution in [-0.4, -0.2) is 31.6 Å². The van der Waals surface area contributed by atoms with E-state index in [0.29, 0.717) is 13.3 Å². The first kappa shape index (κ1) is 8.88. The summed E-state index contributed by atoms with van der Waals surface area (Å²) >= 11 is 0. The first-order valence-electron chi connectivity index (χ1n) is 3.31. The van der Waals surface area contributed by atoms with E-state index < -0.39 is 0 Å². The largest absolute Gasteiger partial charge is 0.394 e. The Hall–Kier alpha value is -0.120. The van der Waals surface area contributed by atoms with Crippen molar-refractivity contribution < 1.29 is 9.84 Å². The Kier molecular flexibility index (Phi) is 7.77. The molecule has 0 amide bonds. The third-order valence-electron chi connectivity index (χ3n) is 0.867. The van der Waals surface area contributed by atoms with Crippen LogP contribution >= 0.6 is 0 Å². The smallest absolute Gasteiger partial charge is 0.0966 e. The van der Waals surface area contributed by atoms with Crippen LogP contribution in [0, 0.1) is 0 Å². The van der Waals surface area contributed by atoms with Gasteiger partial charge in [-0.15, -0.1) is 0 Å². The summed E-state index contributed by atoms with van der Waals surface area (Å²) in [5, 5.41) is 11.3. The van der Waals surface area contributed by atoms with Gasteiger partial charge in [0, 0.05) is 0 Å². The van der Waals surface area contributed by atoms with Gasteiger partial charge >= 0.3 is 0 Å². The number of rotatable bonds is 6. The van der Waals surface area contributed by atoms with Crippen molar-refractivity contribution in [2.24, 2.45) is 0 Å². The Bertz CT molecular complexity index is 44.3. The van der Waals surface area contributed by atoms with Crippen molar-refractivity contribution in [1.82, 2.24) is 5.32 Å². The molecule has 0 unspecified atom stereocenters. The van der Waals surface area contributed by atoms with E-state index in [2.05, 4.69) is 12.2 Å². The summed E-state index contributed by atoms with van der Waals surface area (Å²) < 4.78 is 4.92. The van der Waals surface area contributed by atoms with E-state index in [0.717, 1.165) is 13.0 Å². The second-order valence-electron chi connectivity index (χ2n) is 1.78. The maximum Gasteiger partial charge on any atom is 0.0966 e. The molecule has 0 saturated carbocycles. The first-order chi connectivity index (χ1) is 4.41. The van der Waals surface area contributed by atoms with E-state index in [1.165, 1.54) is 0 Å². The van der Waals surface area contributed by atoms with E-state index >= 15 is 0 Å². The maximum absolute atomic E-state index is 8.27. The number of nitrogens with one attached hydrogen (secondary N) is 1. The van der Waals surface area contributed by atoms with Crippen LogP contribution in [0.15, 0.2) is 0 Å². The van der Waals surface area contributed by atoms with E-state index in [1.54, 1.807) is 0 Å². The molecule has 0 aliphatic heterocycles. The van der Waals surface area contributed by atoms with Crippen molar-refractivity contribution in [3.05, 3.63) is 0 Å². The molecule has 9 heavy (non-hydrogen) atoms. The van der Waals surface area contributed by atoms with Gasteiger partial charge in [0.1, 0.15) is 0 Å². The summed E-state index contributed by atoms with van der Waals surface area (Å²) in [6, 6.07) is 0. The number of hydrogen-bond donors (Lipinski definition) is 2. The van der Waals surface area contributed by atoms with Gasteiger partial charge in [-0.2, -0.15) is 0 Å². The Morgan fingerprint density at radius 3 is 2.89 bits per heavy atom. The molecule has 3 nitrogen and oxygen atoms in total. The molecule has 0 atom stereocenters. The summed E-state index contributed by atoms with van der Waals surface area (Å²) in [4.78, 5) is 0. The van der Waals surface area contributed by atoms with Gasteiger partial charge < -0.3 is 9.84 Å². The van der Waals surface area contributed by atoms with Crippen LogP contribution in [0.2, 0.25) is 0 Å². The Labute approximate surface area is 56.0 Å². The fourth-order valence-electron chi connectivity index (χ4n) is 0.458.